The van der Waals surface area contributed by atoms with Crippen molar-refractivity contribution in [2.75, 3.05) is 0 Å². The molecule has 0 N–H and O–H groups in total. The van der Waals surface area contributed by atoms with Crippen LogP contribution in [0.4, 0.5) is 0 Å². The van der Waals surface area contributed by atoms with Crippen LogP contribution in [-0.4, -0.2) is 37.7 Å². The molecule has 1 nitrogen and oxygen atoms in total. The number of rotatable bonds is 2. The van der Waals surface area contributed by atoms with Crippen molar-refractivity contribution >= 4 is 32.1 Å². The van der Waals surface area contributed by atoms with E-state index in [1.807, 2.05) is 0 Å². The summed E-state index contributed by atoms with van der Waals surface area (Å²) in [6.45, 7) is 12.3. The first kappa shape index (κ1) is 18.3. The van der Waals surface area contributed by atoms with Gasteiger partial charge in [-0.1, -0.05) is 13.0 Å². The Morgan fingerprint density at radius 2 is 1.73 bits per heavy atom. The van der Waals surface area contributed by atoms with Gasteiger partial charge >= 0.3 is 23.1 Å². The quantitative estimate of drug-likeness (QED) is 0.429. The first-order valence-corrected chi connectivity index (χ1v) is 5.57. The predicted octanol–water partition coefficient (Wildman–Crippen LogP) is -1.46. The first-order chi connectivity index (χ1) is 3.95. The van der Waals surface area contributed by atoms with Crippen molar-refractivity contribution in [3.63, 3.8) is 0 Å². The number of halogens is 1. The maximum atomic E-state index is 5.61. The fraction of sp³-hybridized carbons (Fsp3) is 0.857. The summed E-state index contributed by atoms with van der Waals surface area (Å²) in [6.07, 6.45) is 0. The minimum absolute atomic E-state index is 0. The zero-order chi connectivity index (χ0) is 7.49. The molecule has 0 bridgehead atoms. The number of hydrogen-bond acceptors (Lipinski definition) is 1. The Kier molecular flexibility index (Phi) is 13.3. The SMILES string of the molecule is [Br-].[CH2-][SiH](CC)OC(C)(C)C.[Mg+2]. The van der Waals surface area contributed by atoms with Gasteiger partial charge in [-0.15, -0.1) is 0 Å². The van der Waals surface area contributed by atoms with E-state index >= 15 is 0 Å². The van der Waals surface area contributed by atoms with E-state index in [1.54, 1.807) is 0 Å². The molecule has 0 saturated heterocycles. The van der Waals surface area contributed by atoms with E-state index in [1.165, 1.54) is 0 Å². The van der Waals surface area contributed by atoms with Crippen LogP contribution in [0.2, 0.25) is 6.04 Å². The van der Waals surface area contributed by atoms with Gasteiger partial charge in [-0.2, -0.15) is 0 Å². The normalized spacial score (nSPS) is 12.8. The molecule has 0 radical (unpaired) electrons. The molecule has 1 unspecified atom stereocenters. The van der Waals surface area contributed by atoms with Crippen molar-refractivity contribution in [2.45, 2.75) is 39.3 Å². The molecular formula is C7H17BrMgOSi. The molecular weight excluding hydrogens is 232 g/mol. The average Bonchev–Trinajstić information content (AvgIpc) is 1.62. The molecule has 0 aromatic carbocycles. The second kappa shape index (κ2) is 8.04. The summed E-state index contributed by atoms with van der Waals surface area (Å²) in [4.78, 5) is 0. The summed E-state index contributed by atoms with van der Waals surface area (Å²) in [5, 5.41) is 0. The Bertz CT molecular complexity index is 85.0. The maximum Gasteiger partial charge on any atom is 2.00 e. The standard InChI is InChI=1S/C7H17OSi.BrH.Mg/c1-6-9(5)8-7(2,3)4;;/h9H,5-6H2,1-4H3;1H;/q-1;;+2/p-1. The van der Waals surface area contributed by atoms with Crippen molar-refractivity contribution < 1.29 is 21.4 Å². The van der Waals surface area contributed by atoms with Gasteiger partial charge in [0.25, 0.3) is 0 Å². The van der Waals surface area contributed by atoms with Gasteiger partial charge in [0.15, 0.2) is 0 Å². The van der Waals surface area contributed by atoms with Gasteiger partial charge in [0, 0.05) is 14.6 Å². The van der Waals surface area contributed by atoms with Crippen LogP contribution in [0.25, 0.3) is 0 Å². The molecule has 0 aromatic rings. The van der Waals surface area contributed by atoms with Crippen molar-refractivity contribution in [1.29, 1.82) is 0 Å². The first-order valence-electron chi connectivity index (χ1n) is 3.46. The van der Waals surface area contributed by atoms with Gasteiger partial charge < -0.3 is 28.0 Å². The average molecular weight is 250 g/mol. The monoisotopic (exact) mass is 248 g/mol. The number of hydrogen-bond donors (Lipinski definition) is 0. The molecule has 0 aliphatic rings. The van der Waals surface area contributed by atoms with Crippen molar-refractivity contribution in [3.8, 4) is 0 Å². The summed E-state index contributed by atoms with van der Waals surface area (Å²) < 4.78 is 5.61. The van der Waals surface area contributed by atoms with E-state index in [0.29, 0.717) is 0 Å². The second-order valence-corrected chi connectivity index (χ2v) is 5.56. The molecule has 0 saturated carbocycles. The van der Waals surface area contributed by atoms with E-state index in [9.17, 15) is 0 Å². The molecule has 0 rings (SSSR count). The van der Waals surface area contributed by atoms with Crippen LogP contribution in [0.15, 0.2) is 0 Å². The molecule has 0 amide bonds. The van der Waals surface area contributed by atoms with Gasteiger partial charge in [-0.25, -0.2) is 0 Å². The van der Waals surface area contributed by atoms with Crippen LogP contribution in [0.3, 0.4) is 0 Å². The Balaban J connectivity index is -0.000000320. The third-order valence-corrected chi connectivity index (χ3v) is 2.93. The molecule has 0 fully saturated rings. The van der Waals surface area contributed by atoms with Crippen molar-refractivity contribution in [1.82, 2.24) is 0 Å². The van der Waals surface area contributed by atoms with Crippen LogP contribution >= 0.6 is 0 Å². The van der Waals surface area contributed by atoms with Crippen LogP contribution in [0, 0.1) is 6.55 Å². The van der Waals surface area contributed by atoms with Gasteiger partial charge in [0.2, 0.25) is 0 Å². The summed E-state index contributed by atoms with van der Waals surface area (Å²) in [5.74, 6) is 0. The van der Waals surface area contributed by atoms with E-state index in [4.69, 9.17) is 4.43 Å². The summed E-state index contributed by atoms with van der Waals surface area (Å²) in [6, 6.07) is 1.12. The largest absolute Gasteiger partial charge is 2.00 e. The Morgan fingerprint density at radius 3 is 1.82 bits per heavy atom. The molecule has 0 aliphatic heterocycles. The van der Waals surface area contributed by atoms with Crippen LogP contribution < -0.4 is 17.0 Å². The molecule has 0 aliphatic carbocycles. The topological polar surface area (TPSA) is 9.23 Å². The van der Waals surface area contributed by atoms with E-state index in [2.05, 4.69) is 34.2 Å². The molecule has 0 spiro atoms. The molecule has 0 heterocycles. The van der Waals surface area contributed by atoms with Gasteiger partial charge in [0.1, 0.15) is 0 Å². The van der Waals surface area contributed by atoms with Gasteiger partial charge in [-0.05, 0) is 20.8 Å². The van der Waals surface area contributed by atoms with Gasteiger partial charge in [0.05, 0.1) is 0 Å². The van der Waals surface area contributed by atoms with Crippen LogP contribution in [0.1, 0.15) is 27.7 Å². The Labute approximate surface area is 98.9 Å². The minimum Gasteiger partial charge on any atom is -1.00 e. The molecule has 1 atom stereocenters. The zero-order valence-electron chi connectivity index (χ0n) is 7.98. The van der Waals surface area contributed by atoms with Crippen molar-refractivity contribution in [3.05, 3.63) is 6.55 Å². The van der Waals surface area contributed by atoms with Crippen LogP contribution in [-0.2, 0) is 4.43 Å². The fourth-order valence-electron chi connectivity index (χ4n) is 0.583. The molecule has 4 heteroatoms. The maximum absolute atomic E-state index is 5.61. The molecule has 11 heavy (non-hydrogen) atoms. The Morgan fingerprint density at radius 1 is 1.36 bits per heavy atom. The predicted molar refractivity (Wildman–Crippen MR) is 49.6 cm³/mol. The van der Waals surface area contributed by atoms with Gasteiger partial charge in [-0.3, -0.25) is 0 Å². The zero-order valence-corrected chi connectivity index (χ0v) is 12.1. The van der Waals surface area contributed by atoms with Crippen LogP contribution in [0.5, 0.6) is 0 Å². The summed E-state index contributed by atoms with van der Waals surface area (Å²) in [5.41, 5.74) is 0.0225. The fourth-order valence-corrected chi connectivity index (χ4v) is 1.75. The third kappa shape index (κ3) is 14.3. The third-order valence-electron chi connectivity index (χ3n) is 0.976. The second-order valence-electron chi connectivity index (χ2n) is 3.26. The van der Waals surface area contributed by atoms with E-state index < -0.39 is 9.04 Å². The van der Waals surface area contributed by atoms with E-state index in [0.717, 1.165) is 6.04 Å². The molecule has 64 valence electrons. The smallest absolute Gasteiger partial charge is 1.00 e. The summed E-state index contributed by atoms with van der Waals surface area (Å²) >= 11 is 0. The summed E-state index contributed by atoms with van der Waals surface area (Å²) in [7, 11) is -1.06. The molecule has 0 aromatic heterocycles. The van der Waals surface area contributed by atoms with Crippen molar-refractivity contribution in [2.24, 2.45) is 0 Å². The van der Waals surface area contributed by atoms with E-state index in [-0.39, 0.29) is 45.6 Å². The minimum atomic E-state index is -1.06. The Hall–Kier alpha value is 1.42.